The third-order valence-corrected chi connectivity index (χ3v) is 21.2. The monoisotopic (exact) mass is 1780 g/mol. The minimum absolute atomic E-state index is 0.0118. The van der Waals surface area contributed by atoms with Gasteiger partial charge in [-0.05, 0) is 121 Å². The lowest BCUT2D eigenvalue weighted by Crippen LogP contribution is -2.34. The number of benzene rings is 12. The Bertz CT molecular complexity index is 5650. The van der Waals surface area contributed by atoms with Crippen molar-refractivity contribution in [1.82, 2.24) is 0 Å². The van der Waals surface area contributed by atoms with Crippen molar-refractivity contribution in [2.75, 3.05) is 26.8 Å². The normalized spacial score (nSPS) is 16.0. The van der Waals surface area contributed by atoms with E-state index in [2.05, 4.69) is 402 Å². The van der Waals surface area contributed by atoms with Crippen LogP contribution in [0.4, 0.5) is 22.7 Å². The smallest absolute Gasteiger partial charge is 0.299 e. The van der Waals surface area contributed by atoms with E-state index in [0.29, 0.717) is 11.8 Å². The van der Waals surface area contributed by atoms with E-state index in [1.165, 1.54) is 111 Å². The first-order valence-electron chi connectivity index (χ1n) is 48.8. The molecule has 6 unspecified atom stereocenters. The maximum atomic E-state index is 6.16. The topological polar surface area (TPSA) is 82.7 Å². The Balaban J connectivity index is 0.000000210. The predicted molar refractivity (Wildman–Crippen MR) is 561 cm³/mol. The maximum Gasteiger partial charge on any atom is 0.299 e. The van der Waals surface area contributed by atoms with Gasteiger partial charge >= 0.3 is 0 Å². The molecule has 6 aliphatic heterocycles. The number of hydrogen-bond acceptors (Lipinski definition) is 7. The van der Waals surface area contributed by atoms with E-state index in [0.717, 1.165) is 94.9 Å². The first-order valence-corrected chi connectivity index (χ1v) is 48.8. The van der Waals surface area contributed by atoms with Crippen molar-refractivity contribution in [3.05, 3.63) is 323 Å². The zero-order chi connectivity index (χ0) is 96.0. The second-order valence-corrected chi connectivity index (χ2v) is 34.3. The van der Waals surface area contributed by atoms with Gasteiger partial charge in [-0.1, -0.05) is 326 Å². The third-order valence-electron chi connectivity index (χ3n) is 21.2. The molecular weight excluding hydrogens is 1630 g/mol. The van der Waals surface area contributed by atoms with Crippen molar-refractivity contribution in [3.63, 3.8) is 0 Å². The van der Waals surface area contributed by atoms with E-state index in [9.17, 15) is 0 Å². The number of nitrogens with zero attached hydrogens (tertiary/aromatic N) is 6. The van der Waals surface area contributed by atoms with Gasteiger partial charge in [-0.3, -0.25) is 0 Å². The van der Waals surface area contributed by atoms with Gasteiger partial charge in [-0.2, -0.15) is 27.5 Å². The summed E-state index contributed by atoms with van der Waals surface area (Å²) in [6.07, 6.45) is 23.0. The van der Waals surface area contributed by atoms with E-state index < -0.39 is 0 Å². The van der Waals surface area contributed by atoms with Gasteiger partial charge in [0.25, 0.3) is 37.4 Å². The van der Waals surface area contributed by atoms with E-state index >= 15 is 0 Å². The molecule has 0 saturated carbocycles. The molecule has 13 heteroatoms. The van der Waals surface area contributed by atoms with Gasteiger partial charge in [-0.15, -0.1) is 0 Å². The molecule has 6 heterocycles. The molecule has 18 rings (SSSR count). The van der Waals surface area contributed by atoms with Crippen LogP contribution in [0.15, 0.2) is 267 Å². The Hall–Kier alpha value is -12.1. The molecule has 13 nitrogen and oxygen atoms in total. The summed E-state index contributed by atoms with van der Waals surface area (Å²) in [5.74, 6) is 6.72. The molecule has 0 spiro atoms. The molecule has 6 atom stereocenters. The quantitative estimate of drug-likeness (QED) is 0.0890. The van der Waals surface area contributed by atoms with Crippen molar-refractivity contribution in [2.45, 2.75) is 274 Å². The Labute approximate surface area is 794 Å². The SMILES string of the molecule is CC(C)c1cccc(C(C)C)c1[N+]1=Cc2ccccc2OC1C.CC1Oc2ccccc2C=[N+]1c1cccc2ccccc12.CCC.CCC.CCC.CCC.CCC.CCC.CCC[N+]1=Cc2ccccc2OC1C.COCCC[N+]1=Cc2ccccc2OC1C.Cc1ccc2ccccc2c1[N+]1=Cc2ccccc2OC1C.Cc1ccccc1[N+]1=Cc2ccccc2OC1C. The number of hydrogen-bond donors (Lipinski definition) is 0. The van der Waals surface area contributed by atoms with Gasteiger partial charge in [0, 0.05) is 95.9 Å². The van der Waals surface area contributed by atoms with Crippen LogP contribution in [-0.2, 0) is 4.74 Å². The van der Waals surface area contributed by atoms with E-state index in [4.69, 9.17) is 33.2 Å². The average molecular weight is 1780 g/mol. The summed E-state index contributed by atoms with van der Waals surface area (Å²) in [5.41, 5.74) is 17.0. The molecule has 700 valence electrons. The Morgan fingerprint density at radius 1 is 0.273 bits per heavy atom. The van der Waals surface area contributed by atoms with Crippen LogP contribution in [0.25, 0.3) is 21.5 Å². The summed E-state index contributed by atoms with van der Waals surface area (Å²) in [6, 6.07) is 91.7. The van der Waals surface area contributed by atoms with Crippen LogP contribution in [0, 0.1) is 13.8 Å². The van der Waals surface area contributed by atoms with Gasteiger partial charge in [0.05, 0.1) is 50.8 Å². The molecule has 0 amide bonds. The average Bonchev–Trinajstić information content (AvgIpc) is 0.801. The lowest BCUT2D eigenvalue weighted by Gasteiger charge is -2.23. The summed E-state index contributed by atoms with van der Waals surface area (Å²) in [4.78, 5) is 0. The molecule has 0 radical (unpaired) electrons. The fourth-order valence-corrected chi connectivity index (χ4v) is 15.2. The summed E-state index contributed by atoms with van der Waals surface area (Å²) in [5, 5.41) is 5.00. The second kappa shape index (κ2) is 57.3. The van der Waals surface area contributed by atoms with Crippen LogP contribution in [0.1, 0.15) is 278 Å². The van der Waals surface area contributed by atoms with E-state index in [1.807, 2.05) is 103 Å². The van der Waals surface area contributed by atoms with Gasteiger partial charge in [0.1, 0.15) is 47.6 Å². The highest BCUT2D eigenvalue weighted by molar-refractivity contribution is 5.95. The summed E-state index contributed by atoms with van der Waals surface area (Å²) >= 11 is 0. The Morgan fingerprint density at radius 2 is 0.561 bits per heavy atom. The number of para-hydroxylation sites is 8. The molecule has 12 aromatic rings. The fraction of sp³-hybridized carbons (Fsp3) is 0.378. The molecule has 0 aromatic heterocycles. The van der Waals surface area contributed by atoms with Crippen molar-refractivity contribution in [3.8, 4) is 34.5 Å². The van der Waals surface area contributed by atoms with Crippen LogP contribution in [-0.4, -0.2) is 129 Å². The molecular formula is C119H158N6O7+6. The van der Waals surface area contributed by atoms with Crippen LogP contribution >= 0.6 is 0 Å². The Morgan fingerprint density at radius 3 is 0.947 bits per heavy atom. The van der Waals surface area contributed by atoms with Crippen molar-refractivity contribution < 1.29 is 60.6 Å². The van der Waals surface area contributed by atoms with Crippen LogP contribution in [0.3, 0.4) is 0 Å². The number of ether oxygens (including phenoxy) is 7. The van der Waals surface area contributed by atoms with Gasteiger partial charge in [0.2, 0.25) is 22.7 Å². The van der Waals surface area contributed by atoms with Gasteiger partial charge in [0.15, 0.2) is 37.3 Å². The summed E-state index contributed by atoms with van der Waals surface area (Å²) < 4.78 is 54.3. The number of fused-ring (bicyclic) bond motifs is 8. The standard InChI is InChI=1S/C21H26NO.C20H18NO.C19H16NO.C16H16NO.C13H18NO2.C12H16NO.6C3H8/c1-14(2)18-10-8-11-19(15(3)4)21(18)22-13-17-9-6-7-12-20(17)23-16(22)5;1-14-11-12-16-7-3-5-9-18(16)20(14)21-13-17-8-4-6-10-19(17)22-15(21)2;1-14-20(13-16-8-3-5-12-19(16)21-14)18-11-6-9-15-7-2-4-10-17(15)18;1-12-7-3-5-9-15(12)17-11-14-8-4-6-10-16(14)18-13(17)2;1-11-14(8-5-9-15-2)10-12-6-3-4-7-13(12)16-11;1-3-8-13-9-11-6-4-5-7-12(11)14-10(13)2;6*1-3-2/h6-16H,1-5H3;3-13,15H,1-2H3;2-14H,1H3;3-11,13H,1-2H3;3-4,6-7,10-11H,5,8-9H2,1-2H3;4-7,9-10H,3,8H2,1-2H3;6*3H2,1-2H3/q6*+1;;;;;;. The lowest BCUT2D eigenvalue weighted by molar-refractivity contribution is -0.596. The predicted octanol–water partition coefficient (Wildman–Crippen LogP) is 30.6. The Kier molecular flexibility index (Phi) is 46.4. The van der Waals surface area contributed by atoms with Crippen molar-refractivity contribution in [1.29, 1.82) is 0 Å². The maximum absolute atomic E-state index is 6.16. The molecule has 132 heavy (non-hydrogen) atoms. The van der Waals surface area contributed by atoms with E-state index in [-0.39, 0.29) is 37.4 Å². The third kappa shape index (κ3) is 31.0. The summed E-state index contributed by atoms with van der Waals surface area (Å²) in [6.45, 7) is 56.3. The number of aryl methyl sites for hydroxylation is 2. The van der Waals surface area contributed by atoms with Crippen LogP contribution in [0.5, 0.6) is 34.5 Å². The molecule has 0 saturated heterocycles. The molecule has 0 N–H and O–H groups in total. The van der Waals surface area contributed by atoms with Gasteiger partial charge in [-0.25, -0.2) is 0 Å². The molecule has 6 aliphatic rings. The fourth-order valence-electron chi connectivity index (χ4n) is 15.2. The number of methoxy groups -OCH3 is 1. The highest BCUT2D eigenvalue weighted by Gasteiger charge is 2.35. The molecule has 12 aromatic carbocycles. The second-order valence-electron chi connectivity index (χ2n) is 34.3. The largest absolute Gasteiger partial charge is 0.433 e. The zero-order valence-corrected chi connectivity index (χ0v) is 84.8. The minimum atomic E-state index is -0.0283. The highest BCUT2D eigenvalue weighted by Crippen LogP contribution is 2.40. The minimum Gasteiger partial charge on any atom is -0.433 e. The number of rotatable bonds is 12. The van der Waals surface area contributed by atoms with Crippen molar-refractivity contribution in [2.24, 2.45) is 0 Å². The first kappa shape index (κ1) is 107. The van der Waals surface area contributed by atoms with Crippen LogP contribution in [0.2, 0.25) is 0 Å². The van der Waals surface area contributed by atoms with Crippen LogP contribution < -0.4 is 28.4 Å². The van der Waals surface area contributed by atoms with E-state index in [1.54, 1.807) is 7.11 Å². The zero-order valence-electron chi connectivity index (χ0n) is 84.8. The highest BCUT2D eigenvalue weighted by atomic mass is 16.5. The molecule has 0 fully saturated rings. The first-order chi connectivity index (χ1) is 63.9. The molecule has 0 aliphatic carbocycles. The lowest BCUT2D eigenvalue weighted by atomic mass is 9.92. The van der Waals surface area contributed by atoms with Gasteiger partial charge < -0.3 is 33.2 Å². The van der Waals surface area contributed by atoms with Crippen molar-refractivity contribution >= 4 is 81.6 Å². The molecule has 0 bridgehead atoms. The summed E-state index contributed by atoms with van der Waals surface area (Å²) in [7, 11) is 1.73.